The van der Waals surface area contributed by atoms with Crippen molar-refractivity contribution in [3.05, 3.63) is 82.3 Å². The SMILES string of the molecule is C[C@H](NC(=O)c1ccc(Br)cc1)c1ccc2ccccc2c1. The largest absolute Gasteiger partial charge is 0.346 e. The van der Waals surface area contributed by atoms with E-state index in [1.54, 1.807) is 0 Å². The molecule has 0 unspecified atom stereocenters. The topological polar surface area (TPSA) is 29.1 Å². The van der Waals surface area contributed by atoms with E-state index < -0.39 is 0 Å². The molecule has 3 aromatic rings. The number of hydrogen-bond acceptors (Lipinski definition) is 1. The fourth-order valence-corrected chi connectivity index (χ4v) is 2.71. The smallest absolute Gasteiger partial charge is 0.251 e. The van der Waals surface area contributed by atoms with Crippen LogP contribution >= 0.6 is 15.9 Å². The molecule has 0 radical (unpaired) electrons. The molecule has 0 aliphatic heterocycles. The monoisotopic (exact) mass is 353 g/mol. The first-order valence-electron chi connectivity index (χ1n) is 7.18. The Morgan fingerprint density at radius 3 is 2.36 bits per heavy atom. The van der Waals surface area contributed by atoms with Crippen molar-refractivity contribution in [3.8, 4) is 0 Å². The fourth-order valence-electron chi connectivity index (χ4n) is 2.44. The summed E-state index contributed by atoms with van der Waals surface area (Å²) >= 11 is 3.37. The zero-order chi connectivity index (χ0) is 15.5. The van der Waals surface area contributed by atoms with Gasteiger partial charge in [0, 0.05) is 10.0 Å². The van der Waals surface area contributed by atoms with Gasteiger partial charge in [0.25, 0.3) is 5.91 Å². The zero-order valence-corrected chi connectivity index (χ0v) is 13.8. The molecule has 0 aliphatic carbocycles. The minimum absolute atomic E-state index is 0.0410. The van der Waals surface area contributed by atoms with Crippen LogP contribution in [0.1, 0.15) is 28.9 Å². The summed E-state index contributed by atoms with van der Waals surface area (Å²) in [7, 11) is 0. The molecular formula is C19H16BrNO. The highest BCUT2D eigenvalue weighted by atomic mass is 79.9. The van der Waals surface area contributed by atoms with E-state index in [0.717, 1.165) is 10.0 Å². The maximum Gasteiger partial charge on any atom is 0.251 e. The molecule has 3 rings (SSSR count). The molecule has 0 bridgehead atoms. The van der Waals surface area contributed by atoms with Crippen LogP contribution in [0.4, 0.5) is 0 Å². The van der Waals surface area contributed by atoms with Gasteiger partial charge in [-0.25, -0.2) is 0 Å². The lowest BCUT2D eigenvalue weighted by Crippen LogP contribution is -2.26. The van der Waals surface area contributed by atoms with Gasteiger partial charge >= 0.3 is 0 Å². The van der Waals surface area contributed by atoms with Crippen LogP contribution < -0.4 is 5.32 Å². The highest BCUT2D eigenvalue weighted by molar-refractivity contribution is 9.10. The molecule has 1 atom stereocenters. The Labute approximate surface area is 138 Å². The molecule has 1 amide bonds. The van der Waals surface area contributed by atoms with Crippen molar-refractivity contribution in [2.45, 2.75) is 13.0 Å². The van der Waals surface area contributed by atoms with Crippen LogP contribution in [-0.4, -0.2) is 5.91 Å². The van der Waals surface area contributed by atoms with Gasteiger partial charge < -0.3 is 5.32 Å². The summed E-state index contributed by atoms with van der Waals surface area (Å²) in [6.45, 7) is 2.00. The Kier molecular flexibility index (Phi) is 4.25. The molecule has 0 heterocycles. The van der Waals surface area contributed by atoms with Crippen molar-refractivity contribution >= 4 is 32.6 Å². The van der Waals surface area contributed by atoms with Gasteiger partial charge in [0.2, 0.25) is 0 Å². The highest BCUT2D eigenvalue weighted by Gasteiger charge is 2.11. The number of halogens is 1. The summed E-state index contributed by atoms with van der Waals surface area (Å²) in [4.78, 5) is 12.3. The lowest BCUT2D eigenvalue weighted by molar-refractivity contribution is 0.0940. The van der Waals surface area contributed by atoms with E-state index in [1.165, 1.54) is 10.8 Å². The van der Waals surface area contributed by atoms with Gasteiger partial charge in [0.15, 0.2) is 0 Å². The van der Waals surface area contributed by atoms with Crippen molar-refractivity contribution in [2.75, 3.05) is 0 Å². The van der Waals surface area contributed by atoms with E-state index in [1.807, 2.05) is 43.3 Å². The number of amides is 1. The van der Waals surface area contributed by atoms with E-state index in [0.29, 0.717) is 5.56 Å². The molecule has 0 saturated carbocycles. The van der Waals surface area contributed by atoms with Crippen LogP contribution in [0.15, 0.2) is 71.2 Å². The average Bonchev–Trinajstić information content (AvgIpc) is 2.55. The molecule has 1 N–H and O–H groups in total. The van der Waals surface area contributed by atoms with Gasteiger partial charge in [-0.1, -0.05) is 52.3 Å². The normalized spacial score (nSPS) is 12.1. The summed E-state index contributed by atoms with van der Waals surface area (Å²) in [5.41, 5.74) is 1.76. The number of carbonyl (C=O) groups excluding carboxylic acids is 1. The molecule has 22 heavy (non-hydrogen) atoms. The van der Waals surface area contributed by atoms with Gasteiger partial charge in [-0.3, -0.25) is 4.79 Å². The van der Waals surface area contributed by atoms with Gasteiger partial charge in [-0.05, 0) is 53.6 Å². The lowest BCUT2D eigenvalue weighted by atomic mass is 10.0. The molecule has 2 nitrogen and oxygen atoms in total. The number of nitrogens with one attached hydrogen (secondary N) is 1. The number of carbonyl (C=O) groups is 1. The van der Waals surface area contributed by atoms with Crippen LogP contribution in [0.25, 0.3) is 10.8 Å². The van der Waals surface area contributed by atoms with Gasteiger partial charge in [-0.2, -0.15) is 0 Å². The Morgan fingerprint density at radius 2 is 1.64 bits per heavy atom. The van der Waals surface area contributed by atoms with Crippen molar-refractivity contribution in [2.24, 2.45) is 0 Å². The summed E-state index contributed by atoms with van der Waals surface area (Å²) < 4.78 is 0.964. The minimum Gasteiger partial charge on any atom is -0.346 e. The Balaban J connectivity index is 1.79. The van der Waals surface area contributed by atoms with Crippen LogP contribution in [-0.2, 0) is 0 Å². The molecular weight excluding hydrogens is 338 g/mol. The van der Waals surface area contributed by atoms with Crippen LogP contribution in [0.3, 0.4) is 0 Å². The maximum atomic E-state index is 12.3. The fraction of sp³-hybridized carbons (Fsp3) is 0.105. The van der Waals surface area contributed by atoms with Crippen LogP contribution in [0.5, 0.6) is 0 Å². The molecule has 0 fully saturated rings. The van der Waals surface area contributed by atoms with E-state index >= 15 is 0 Å². The first-order valence-corrected chi connectivity index (χ1v) is 7.98. The second-order valence-electron chi connectivity index (χ2n) is 5.31. The molecule has 0 spiro atoms. The standard InChI is InChI=1S/C19H16BrNO/c1-13(21-19(22)15-8-10-18(20)11-9-15)16-7-6-14-4-2-3-5-17(14)12-16/h2-13H,1H3,(H,21,22)/t13-/m0/s1. The second-order valence-corrected chi connectivity index (χ2v) is 6.22. The predicted molar refractivity (Wildman–Crippen MR) is 94.0 cm³/mol. The minimum atomic E-state index is -0.0619. The number of rotatable bonds is 3. The second kappa shape index (κ2) is 6.32. The molecule has 110 valence electrons. The average molecular weight is 354 g/mol. The number of benzene rings is 3. The Hall–Kier alpha value is -2.13. The third-order valence-electron chi connectivity index (χ3n) is 3.73. The summed E-state index contributed by atoms with van der Waals surface area (Å²) in [5, 5.41) is 5.43. The zero-order valence-electron chi connectivity index (χ0n) is 12.2. The Bertz CT molecular complexity index is 811. The highest BCUT2D eigenvalue weighted by Crippen LogP contribution is 2.20. The maximum absolute atomic E-state index is 12.3. The van der Waals surface area contributed by atoms with E-state index in [-0.39, 0.29) is 11.9 Å². The third kappa shape index (κ3) is 3.20. The Morgan fingerprint density at radius 1 is 0.955 bits per heavy atom. The van der Waals surface area contributed by atoms with Crippen molar-refractivity contribution in [3.63, 3.8) is 0 Å². The molecule has 0 aliphatic rings. The number of hydrogen-bond donors (Lipinski definition) is 1. The molecule has 0 aromatic heterocycles. The third-order valence-corrected chi connectivity index (χ3v) is 4.26. The first kappa shape index (κ1) is 14.8. The van der Waals surface area contributed by atoms with Crippen molar-refractivity contribution < 1.29 is 4.79 Å². The van der Waals surface area contributed by atoms with Gasteiger partial charge in [-0.15, -0.1) is 0 Å². The van der Waals surface area contributed by atoms with Crippen molar-refractivity contribution in [1.82, 2.24) is 5.32 Å². The van der Waals surface area contributed by atoms with Crippen LogP contribution in [0, 0.1) is 0 Å². The van der Waals surface area contributed by atoms with Gasteiger partial charge in [0.05, 0.1) is 6.04 Å². The van der Waals surface area contributed by atoms with E-state index in [9.17, 15) is 4.79 Å². The molecule has 3 aromatic carbocycles. The molecule has 3 heteroatoms. The van der Waals surface area contributed by atoms with Crippen molar-refractivity contribution in [1.29, 1.82) is 0 Å². The molecule has 0 saturated heterocycles. The van der Waals surface area contributed by atoms with E-state index in [4.69, 9.17) is 0 Å². The van der Waals surface area contributed by atoms with Crippen LogP contribution in [0.2, 0.25) is 0 Å². The summed E-state index contributed by atoms with van der Waals surface area (Å²) in [5.74, 6) is -0.0619. The lowest BCUT2D eigenvalue weighted by Gasteiger charge is -2.15. The van der Waals surface area contributed by atoms with E-state index in [2.05, 4.69) is 51.6 Å². The first-order chi connectivity index (χ1) is 10.6. The summed E-state index contributed by atoms with van der Waals surface area (Å²) in [6, 6.07) is 21.8. The number of fused-ring (bicyclic) bond motifs is 1. The quantitative estimate of drug-likeness (QED) is 0.697. The van der Waals surface area contributed by atoms with Gasteiger partial charge in [0.1, 0.15) is 0 Å². The predicted octanol–water partition coefficient (Wildman–Crippen LogP) is 5.09. The summed E-state index contributed by atoms with van der Waals surface area (Å²) in [6.07, 6.45) is 0.